The fraction of sp³-hybridized carbons (Fsp3) is 0.200. The van der Waals surface area contributed by atoms with Crippen molar-refractivity contribution in [2.45, 2.75) is 27.7 Å². The van der Waals surface area contributed by atoms with Crippen LogP contribution in [0.2, 0.25) is 0 Å². The summed E-state index contributed by atoms with van der Waals surface area (Å²) in [6.07, 6.45) is 0. The molecule has 0 saturated heterocycles. The molecular formula is C20H18. The van der Waals surface area contributed by atoms with Gasteiger partial charge in [0.1, 0.15) is 0 Å². The van der Waals surface area contributed by atoms with Crippen LogP contribution in [0, 0.1) is 27.7 Å². The Hall–Kier alpha value is -2.08. The lowest BCUT2D eigenvalue weighted by Crippen LogP contribution is -1.92. The van der Waals surface area contributed by atoms with Gasteiger partial charge in [-0.15, -0.1) is 0 Å². The van der Waals surface area contributed by atoms with E-state index in [9.17, 15) is 0 Å². The van der Waals surface area contributed by atoms with Crippen molar-refractivity contribution in [1.82, 2.24) is 0 Å². The van der Waals surface area contributed by atoms with Gasteiger partial charge in [0.15, 0.2) is 0 Å². The van der Waals surface area contributed by atoms with Crippen molar-refractivity contribution >= 4 is 32.3 Å². The molecule has 0 bridgehead atoms. The van der Waals surface area contributed by atoms with Crippen LogP contribution in [0.4, 0.5) is 0 Å². The number of rotatable bonds is 0. The van der Waals surface area contributed by atoms with Gasteiger partial charge >= 0.3 is 0 Å². The van der Waals surface area contributed by atoms with Gasteiger partial charge in [0, 0.05) is 0 Å². The van der Waals surface area contributed by atoms with Crippen LogP contribution < -0.4 is 0 Å². The standard InChI is InChI=1S/C20H18/c1-11-9-15-5-6-16-10-12(2)14(4)18-8-7-17(13(11)3)19(15)20(16)18/h5-10H,1-4H3. The lowest BCUT2D eigenvalue weighted by molar-refractivity contribution is 1.38. The van der Waals surface area contributed by atoms with Crippen LogP contribution in [0.1, 0.15) is 22.3 Å². The Kier molecular flexibility index (Phi) is 2.18. The second-order valence-electron chi connectivity index (χ2n) is 6.06. The van der Waals surface area contributed by atoms with Crippen molar-refractivity contribution in [3.05, 3.63) is 58.7 Å². The van der Waals surface area contributed by atoms with E-state index in [1.165, 1.54) is 54.6 Å². The summed E-state index contributed by atoms with van der Waals surface area (Å²) in [5.41, 5.74) is 5.57. The van der Waals surface area contributed by atoms with Gasteiger partial charge in [-0.3, -0.25) is 0 Å². The average molecular weight is 258 g/mol. The minimum absolute atomic E-state index is 1.37. The highest BCUT2D eigenvalue weighted by Crippen LogP contribution is 2.38. The lowest BCUT2D eigenvalue weighted by Gasteiger charge is -2.16. The molecule has 0 heterocycles. The van der Waals surface area contributed by atoms with E-state index in [0.29, 0.717) is 0 Å². The second-order valence-corrected chi connectivity index (χ2v) is 6.06. The van der Waals surface area contributed by atoms with Gasteiger partial charge in [-0.2, -0.15) is 0 Å². The minimum atomic E-state index is 1.37. The molecule has 0 heteroatoms. The van der Waals surface area contributed by atoms with Crippen molar-refractivity contribution in [3.8, 4) is 0 Å². The maximum Gasteiger partial charge on any atom is -0.00238 e. The molecule has 0 aliphatic heterocycles. The topological polar surface area (TPSA) is 0 Å². The van der Waals surface area contributed by atoms with Crippen molar-refractivity contribution in [3.63, 3.8) is 0 Å². The summed E-state index contributed by atoms with van der Waals surface area (Å²) in [6, 6.07) is 13.8. The van der Waals surface area contributed by atoms with E-state index in [0.717, 1.165) is 0 Å². The third kappa shape index (κ3) is 1.31. The van der Waals surface area contributed by atoms with Gasteiger partial charge in [-0.25, -0.2) is 0 Å². The number of hydrogen-bond donors (Lipinski definition) is 0. The van der Waals surface area contributed by atoms with E-state index in [1.54, 1.807) is 0 Å². The van der Waals surface area contributed by atoms with Gasteiger partial charge in [-0.05, 0) is 82.3 Å². The molecule has 0 aliphatic carbocycles. The molecular weight excluding hydrogens is 240 g/mol. The highest BCUT2D eigenvalue weighted by Gasteiger charge is 2.13. The smallest absolute Gasteiger partial charge is 0.00238 e. The summed E-state index contributed by atoms with van der Waals surface area (Å²) >= 11 is 0. The Balaban J connectivity index is 2.42. The zero-order chi connectivity index (χ0) is 14.0. The van der Waals surface area contributed by atoms with Crippen molar-refractivity contribution < 1.29 is 0 Å². The maximum absolute atomic E-state index is 2.33. The lowest BCUT2D eigenvalue weighted by atomic mass is 9.87. The highest BCUT2D eigenvalue weighted by molar-refractivity contribution is 6.24. The first-order valence-electron chi connectivity index (χ1n) is 7.23. The van der Waals surface area contributed by atoms with Gasteiger partial charge in [0.05, 0.1) is 0 Å². The molecule has 0 saturated carbocycles. The van der Waals surface area contributed by atoms with E-state index >= 15 is 0 Å². The van der Waals surface area contributed by atoms with Crippen LogP contribution in [-0.2, 0) is 0 Å². The van der Waals surface area contributed by atoms with Crippen molar-refractivity contribution in [1.29, 1.82) is 0 Å². The Morgan fingerprint density at radius 3 is 1.35 bits per heavy atom. The van der Waals surface area contributed by atoms with E-state index in [1.807, 2.05) is 0 Å². The largest absolute Gasteiger partial charge is 0.0537 e. The van der Waals surface area contributed by atoms with Crippen LogP contribution in [0.25, 0.3) is 32.3 Å². The molecule has 4 aromatic rings. The zero-order valence-corrected chi connectivity index (χ0v) is 12.5. The molecule has 0 aromatic heterocycles. The molecule has 0 nitrogen and oxygen atoms in total. The Bertz CT molecular complexity index is 893. The monoisotopic (exact) mass is 258 g/mol. The van der Waals surface area contributed by atoms with E-state index < -0.39 is 0 Å². The summed E-state index contributed by atoms with van der Waals surface area (Å²) in [5, 5.41) is 8.41. The zero-order valence-electron chi connectivity index (χ0n) is 12.5. The predicted molar refractivity (Wildman–Crippen MR) is 89.1 cm³/mol. The third-order valence-electron chi connectivity index (χ3n) is 4.96. The van der Waals surface area contributed by atoms with E-state index in [-0.39, 0.29) is 0 Å². The quantitative estimate of drug-likeness (QED) is 0.349. The molecule has 0 N–H and O–H groups in total. The van der Waals surface area contributed by atoms with Crippen LogP contribution in [0.15, 0.2) is 36.4 Å². The van der Waals surface area contributed by atoms with Gasteiger partial charge in [-0.1, -0.05) is 36.4 Å². The summed E-state index contributed by atoms with van der Waals surface area (Å²) < 4.78 is 0. The average Bonchev–Trinajstić information content (AvgIpc) is 2.44. The van der Waals surface area contributed by atoms with Gasteiger partial charge in [0.25, 0.3) is 0 Å². The number of benzene rings is 4. The normalized spacial score (nSPS) is 12.0. The molecule has 0 radical (unpaired) electrons. The molecule has 0 fully saturated rings. The molecule has 0 aliphatic rings. The Labute approximate surface area is 119 Å². The van der Waals surface area contributed by atoms with Crippen LogP contribution >= 0.6 is 0 Å². The summed E-state index contributed by atoms with van der Waals surface area (Å²) in [5.74, 6) is 0. The minimum Gasteiger partial charge on any atom is -0.0537 e. The van der Waals surface area contributed by atoms with E-state index in [4.69, 9.17) is 0 Å². The van der Waals surface area contributed by atoms with Crippen LogP contribution in [0.3, 0.4) is 0 Å². The molecule has 4 rings (SSSR count). The fourth-order valence-electron chi connectivity index (χ4n) is 3.52. The third-order valence-corrected chi connectivity index (χ3v) is 4.96. The van der Waals surface area contributed by atoms with Gasteiger partial charge < -0.3 is 0 Å². The summed E-state index contributed by atoms with van der Waals surface area (Å²) in [6.45, 7) is 8.89. The molecule has 0 amide bonds. The molecule has 4 aromatic carbocycles. The summed E-state index contributed by atoms with van der Waals surface area (Å²) in [7, 11) is 0. The highest BCUT2D eigenvalue weighted by atomic mass is 14.2. The summed E-state index contributed by atoms with van der Waals surface area (Å²) in [4.78, 5) is 0. The van der Waals surface area contributed by atoms with Crippen molar-refractivity contribution in [2.24, 2.45) is 0 Å². The van der Waals surface area contributed by atoms with Gasteiger partial charge in [0.2, 0.25) is 0 Å². The van der Waals surface area contributed by atoms with Crippen LogP contribution in [-0.4, -0.2) is 0 Å². The Morgan fingerprint density at radius 2 is 0.950 bits per heavy atom. The first kappa shape index (κ1) is 11.7. The molecule has 0 atom stereocenters. The first-order valence-corrected chi connectivity index (χ1v) is 7.23. The molecule has 20 heavy (non-hydrogen) atoms. The molecule has 0 unspecified atom stereocenters. The fourth-order valence-corrected chi connectivity index (χ4v) is 3.52. The Morgan fingerprint density at radius 1 is 0.550 bits per heavy atom. The van der Waals surface area contributed by atoms with Crippen molar-refractivity contribution in [2.75, 3.05) is 0 Å². The number of hydrogen-bond acceptors (Lipinski definition) is 0. The first-order chi connectivity index (χ1) is 9.58. The molecule has 98 valence electrons. The second kappa shape index (κ2) is 3.73. The maximum atomic E-state index is 2.33. The SMILES string of the molecule is Cc1cc2ccc3cc(C)c(C)c4ccc(c1C)c2c34. The number of aryl methyl sites for hydroxylation is 4. The predicted octanol–water partition coefficient (Wildman–Crippen LogP) is 5.82. The van der Waals surface area contributed by atoms with E-state index in [2.05, 4.69) is 64.1 Å². The van der Waals surface area contributed by atoms with Crippen LogP contribution in [0.5, 0.6) is 0 Å². The molecule has 0 spiro atoms.